The zero-order valence-electron chi connectivity index (χ0n) is 22.5. The molecule has 1 amide bonds. The van der Waals surface area contributed by atoms with Crippen LogP contribution in [0.2, 0.25) is 0 Å². The number of carbonyl (C=O) groups is 1. The van der Waals surface area contributed by atoms with Crippen LogP contribution < -0.4 is 16.2 Å². The van der Waals surface area contributed by atoms with Crippen LogP contribution in [0.25, 0.3) is 11.4 Å². The maximum atomic E-state index is 13.9. The molecule has 2 aromatic carbocycles. The molecule has 7 nitrogen and oxygen atoms in total. The van der Waals surface area contributed by atoms with E-state index in [0.29, 0.717) is 26.1 Å². The van der Waals surface area contributed by atoms with Crippen molar-refractivity contribution in [1.29, 1.82) is 0 Å². The first kappa shape index (κ1) is 26.6. The Morgan fingerprint density at radius 2 is 1.76 bits per heavy atom. The average Bonchev–Trinajstić information content (AvgIpc) is 3.21. The lowest BCUT2D eigenvalue weighted by Gasteiger charge is -2.25. The molecule has 196 valence electrons. The first-order chi connectivity index (χ1) is 17.6. The monoisotopic (exact) mass is 502 g/mol. The summed E-state index contributed by atoms with van der Waals surface area (Å²) in [5, 5.41) is 6.43. The Labute approximate surface area is 219 Å². The van der Waals surface area contributed by atoms with E-state index in [4.69, 9.17) is 9.72 Å². The summed E-state index contributed by atoms with van der Waals surface area (Å²) in [6.07, 6.45) is 0.845. The average molecular weight is 503 g/mol. The van der Waals surface area contributed by atoms with Crippen LogP contribution in [0.4, 0.5) is 4.79 Å². The predicted octanol–water partition coefficient (Wildman–Crippen LogP) is 5.06. The molecule has 2 N–H and O–H groups in total. The fraction of sp³-hybridized carbons (Fsp3) is 0.433. The molecular formula is C30H38N4O3. The zero-order valence-corrected chi connectivity index (χ0v) is 22.5. The molecule has 1 aliphatic heterocycles. The highest BCUT2D eigenvalue weighted by atomic mass is 16.6. The maximum Gasteiger partial charge on any atom is 0.407 e. The summed E-state index contributed by atoms with van der Waals surface area (Å²) in [5.74, 6) is 0.950. The molecule has 2 heterocycles. The van der Waals surface area contributed by atoms with Gasteiger partial charge in [0.15, 0.2) is 0 Å². The van der Waals surface area contributed by atoms with E-state index < -0.39 is 11.7 Å². The third kappa shape index (κ3) is 6.46. The normalized spacial score (nSPS) is 13.2. The number of aromatic nitrogens is 2. The number of nitrogens with zero attached hydrogens (tertiary/aromatic N) is 2. The Morgan fingerprint density at radius 1 is 1.05 bits per heavy atom. The van der Waals surface area contributed by atoms with Crippen molar-refractivity contribution < 1.29 is 9.53 Å². The minimum Gasteiger partial charge on any atom is -0.444 e. The van der Waals surface area contributed by atoms with Gasteiger partial charge in [0.05, 0.1) is 18.3 Å². The molecule has 7 heteroatoms. The van der Waals surface area contributed by atoms with Crippen LogP contribution in [0.5, 0.6) is 0 Å². The van der Waals surface area contributed by atoms with Gasteiger partial charge in [0.25, 0.3) is 5.56 Å². The van der Waals surface area contributed by atoms with Gasteiger partial charge in [-0.1, -0.05) is 68.4 Å². The van der Waals surface area contributed by atoms with Gasteiger partial charge in [-0.2, -0.15) is 0 Å². The second-order valence-electron chi connectivity index (χ2n) is 11.0. The molecule has 0 spiro atoms. The maximum absolute atomic E-state index is 13.9. The molecule has 4 rings (SSSR count). The second kappa shape index (κ2) is 11.3. The van der Waals surface area contributed by atoms with Crippen molar-refractivity contribution in [3.63, 3.8) is 0 Å². The van der Waals surface area contributed by atoms with Crippen molar-refractivity contribution in [2.45, 2.75) is 65.6 Å². The summed E-state index contributed by atoms with van der Waals surface area (Å²) in [5.41, 5.74) is 4.29. The Hall–Kier alpha value is -3.45. The summed E-state index contributed by atoms with van der Waals surface area (Å²) in [6.45, 7) is 11.5. The van der Waals surface area contributed by atoms with E-state index in [1.54, 1.807) is 0 Å². The summed E-state index contributed by atoms with van der Waals surface area (Å²) >= 11 is 0. The number of rotatable bonds is 9. The zero-order chi connectivity index (χ0) is 26.6. The molecule has 0 saturated carbocycles. The van der Waals surface area contributed by atoms with Gasteiger partial charge in [-0.3, -0.25) is 9.36 Å². The molecule has 0 aliphatic carbocycles. The topological polar surface area (TPSA) is 85.2 Å². The van der Waals surface area contributed by atoms with Gasteiger partial charge in [-0.15, -0.1) is 0 Å². The molecule has 1 unspecified atom stereocenters. The van der Waals surface area contributed by atoms with Crippen LogP contribution in [-0.4, -0.2) is 34.3 Å². The number of amides is 1. The molecule has 0 radical (unpaired) electrons. The van der Waals surface area contributed by atoms with Crippen LogP contribution in [0.15, 0.2) is 59.4 Å². The highest BCUT2D eigenvalue weighted by Gasteiger charge is 2.29. The third-order valence-corrected chi connectivity index (χ3v) is 6.45. The Bertz CT molecular complexity index is 1290. The third-order valence-electron chi connectivity index (χ3n) is 6.45. The van der Waals surface area contributed by atoms with Gasteiger partial charge in [0.2, 0.25) is 0 Å². The van der Waals surface area contributed by atoms with Crippen molar-refractivity contribution in [2.24, 2.45) is 5.92 Å². The molecule has 37 heavy (non-hydrogen) atoms. The summed E-state index contributed by atoms with van der Waals surface area (Å²) in [4.78, 5) is 31.0. The Morgan fingerprint density at radius 3 is 2.46 bits per heavy atom. The number of carbonyl (C=O) groups excluding carboxylic acids is 1. The summed E-state index contributed by atoms with van der Waals surface area (Å²) < 4.78 is 7.13. The van der Waals surface area contributed by atoms with Gasteiger partial charge in [-0.05, 0) is 50.8 Å². The number of ether oxygens (including phenoxy) is 1. The smallest absolute Gasteiger partial charge is 0.407 e. The van der Waals surface area contributed by atoms with Crippen molar-refractivity contribution >= 4 is 6.09 Å². The molecule has 1 aliphatic rings. The van der Waals surface area contributed by atoms with E-state index in [2.05, 4.69) is 42.7 Å². The molecule has 0 saturated heterocycles. The van der Waals surface area contributed by atoms with Crippen molar-refractivity contribution in [1.82, 2.24) is 20.2 Å². The molecule has 0 fully saturated rings. The first-order valence-corrected chi connectivity index (χ1v) is 13.1. The number of fused-ring (bicyclic) bond motifs is 3. The van der Waals surface area contributed by atoms with E-state index in [-0.39, 0.29) is 17.5 Å². The number of hydrogen-bond donors (Lipinski definition) is 2. The Kier molecular flexibility index (Phi) is 8.13. The second-order valence-corrected chi connectivity index (χ2v) is 11.0. The van der Waals surface area contributed by atoms with Crippen LogP contribution in [-0.2, 0) is 17.7 Å². The molecule has 1 aromatic heterocycles. The van der Waals surface area contributed by atoms with E-state index >= 15 is 0 Å². The van der Waals surface area contributed by atoms with Gasteiger partial charge in [0, 0.05) is 24.1 Å². The lowest BCUT2D eigenvalue weighted by molar-refractivity contribution is 0.0527. The van der Waals surface area contributed by atoms with Crippen molar-refractivity contribution in [2.75, 3.05) is 13.1 Å². The molecule has 0 bridgehead atoms. The van der Waals surface area contributed by atoms with Crippen LogP contribution in [0.1, 0.15) is 69.5 Å². The Balaban J connectivity index is 1.59. The predicted molar refractivity (Wildman–Crippen MR) is 147 cm³/mol. The van der Waals surface area contributed by atoms with E-state index in [1.165, 1.54) is 0 Å². The first-order valence-electron chi connectivity index (χ1n) is 13.1. The molecular weight excluding hydrogens is 464 g/mol. The number of alkyl carbamates (subject to hydrolysis) is 1. The quantitative estimate of drug-likeness (QED) is 0.312. The number of nitrogens with one attached hydrogen (secondary N) is 2. The lowest BCUT2D eigenvalue weighted by Crippen LogP contribution is -2.36. The van der Waals surface area contributed by atoms with Gasteiger partial charge in [-0.25, -0.2) is 9.78 Å². The van der Waals surface area contributed by atoms with Crippen LogP contribution >= 0.6 is 0 Å². The fourth-order valence-electron chi connectivity index (χ4n) is 4.73. The van der Waals surface area contributed by atoms with E-state index in [0.717, 1.165) is 40.2 Å². The van der Waals surface area contributed by atoms with E-state index in [1.807, 2.05) is 61.7 Å². The number of hydrogen-bond acceptors (Lipinski definition) is 5. The molecule has 1 atom stereocenters. The van der Waals surface area contributed by atoms with Crippen LogP contribution in [0.3, 0.4) is 0 Å². The SMILES string of the molecule is CC(C)C(NCCCNC(=O)OC(C)(C)C)c1nc2n(c(=O)c1Cc1ccccc1)Cc1ccccc1-2. The highest BCUT2D eigenvalue weighted by Crippen LogP contribution is 2.32. The standard InChI is InChI=1S/C30H38N4O3/c1-20(2)25(31-16-11-17-32-29(36)37-30(3,4)5)26-24(18-21-12-7-6-8-13-21)28(35)34-19-22-14-9-10-15-23(22)27(34)33-26/h6-10,12-15,20,25,31H,11,16-19H2,1-5H3,(H,32,36). The molecule has 3 aromatic rings. The fourth-order valence-corrected chi connectivity index (χ4v) is 4.73. The van der Waals surface area contributed by atoms with Gasteiger partial charge >= 0.3 is 6.09 Å². The van der Waals surface area contributed by atoms with Gasteiger partial charge < -0.3 is 15.4 Å². The van der Waals surface area contributed by atoms with Crippen molar-refractivity contribution in [3.05, 3.63) is 87.3 Å². The van der Waals surface area contributed by atoms with Gasteiger partial charge in [0.1, 0.15) is 11.4 Å². The minimum absolute atomic E-state index is 0.0269. The highest BCUT2D eigenvalue weighted by molar-refractivity contribution is 5.67. The van der Waals surface area contributed by atoms with E-state index in [9.17, 15) is 9.59 Å². The largest absolute Gasteiger partial charge is 0.444 e. The number of benzene rings is 2. The van der Waals surface area contributed by atoms with Crippen LogP contribution in [0, 0.1) is 5.92 Å². The summed E-state index contributed by atoms with van der Waals surface area (Å²) in [7, 11) is 0. The van der Waals surface area contributed by atoms with Crippen molar-refractivity contribution in [3.8, 4) is 11.4 Å². The lowest BCUT2D eigenvalue weighted by atomic mass is 9.94. The minimum atomic E-state index is -0.522. The summed E-state index contributed by atoms with van der Waals surface area (Å²) in [6, 6.07) is 18.1.